The Kier molecular flexibility index (Phi) is 56.6. The smallest absolute Gasteiger partial charge is 0.305 e. The Bertz CT molecular complexity index is 2180. The average Bonchev–Trinajstić information content (AvgIpc) is 0.911. The summed E-state index contributed by atoms with van der Waals surface area (Å²) in [5.74, 6) is 3.71. The normalized spacial score (nSPS) is 16.5. The standard InChI is InChI=1S/2C16H29NO2.C14H27NO4.C14H26O5.C10H19NO2.C10H20O/c2*1-5-12-6-8-13(9-7-12)15(19)17-11-10-14(18)16(2,3)4;1-5-13(17)15-7-9-19-11-10-18-8-6-12(16)14(2,3)4;1-5-13(16)19-11-10-18-9-8-17-7-6-12(15)14(2,3)4;1-5-9(13)11-7-6-8(12)10(2,3)4;1-6-7-8(2)9(11)10(3,4)5/h2*12-13H,5-11H2,1-4H3,(H,17,19);5-11H2,1-4H3,(H,15,17);5-11H2,1-4H3;5-7H2,1-4H3,(H,11,13);8H,6-7H2,1-5H3. The maximum Gasteiger partial charge on any atom is 0.305 e. The molecule has 4 N–H and O–H groups in total. The Labute approximate surface area is 608 Å². The van der Waals surface area contributed by atoms with Crippen LogP contribution >= 0.6 is 0 Å². The lowest BCUT2D eigenvalue weighted by Crippen LogP contribution is -2.35. The van der Waals surface area contributed by atoms with E-state index in [9.17, 15) is 52.7 Å². The number of ketones is 6. The molecule has 100 heavy (non-hydrogen) atoms. The van der Waals surface area contributed by atoms with Gasteiger partial charge in [0.1, 0.15) is 41.3 Å². The number of ether oxygens (including phenoxy) is 5. The highest BCUT2D eigenvalue weighted by Gasteiger charge is 2.30. The second kappa shape index (κ2) is 55.7. The minimum absolute atomic E-state index is 0.00158. The summed E-state index contributed by atoms with van der Waals surface area (Å²) in [4.78, 5) is 126. The third-order valence-electron chi connectivity index (χ3n) is 17.3. The zero-order valence-electron chi connectivity index (χ0n) is 68.3. The van der Waals surface area contributed by atoms with Gasteiger partial charge in [-0.1, -0.05) is 192 Å². The van der Waals surface area contributed by atoms with E-state index in [0.717, 1.165) is 50.4 Å². The van der Waals surface area contributed by atoms with Gasteiger partial charge in [-0.2, -0.15) is 0 Å². The van der Waals surface area contributed by atoms with Crippen LogP contribution in [-0.2, 0) is 76.4 Å². The highest BCUT2D eigenvalue weighted by molar-refractivity contribution is 5.87. The van der Waals surface area contributed by atoms with Gasteiger partial charge in [0.2, 0.25) is 23.6 Å². The fraction of sp³-hybridized carbons (Fsp3) is 0.863. The number of carbonyl (C=O) groups is 11. The van der Waals surface area contributed by atoms with Crippen LogP contribution in [0.2, 0.25) is 0 Å². The molecule has 2 aliphatic carbocycles. The number of esters is 1. The largest absolute Gasteiger partial charge is 0.463 e. The maximum absolute atomic E-state index is 12.0. The fourth-order valence-corrected chi connectivity index (χ4v) is 9.85. The van der Waals surface area contributed by atoms with Crippen molar-refractivity contribution in [2.45, 2.75) is 302 Å². The summed E-state index contributed by atoms with van der Waals surface area (Å²) >= 11 is 0. The van der Waals surface area contributed by atoms with Crippen LogP contribution in [-0.4, -0.2) is 150 Å². The van der Waals surface area contributed by atoms with Crippen LogP contribution in [0.15, 0.2) is 0 Å². The number of rotatable bonds is 37. The molecule has 20 nitrogen and oxygen atoms in total. The topological polar surface area (TPSA) is 282 Å². The molecular weight excluding hydrogens is 1270 g/mol. The highest BCUT2D eigenvalue weighted by atomic mass is 16.6. The molecule has 0 aromatic heterocycles. The molecule has 0 bridgehead atoms. The molecule has 0 heterocycles. The minimum Gasteiger partial charge on any atom is -0.463 e. The fourth-order valence-electron chi connectivity index (χ4n) is 9.85. The van der Waals surface area contributed by atoms with Crippen molar-refractivity contribution in [2.24, 2.45) is 62.1 Å². The van der Waals surface area contributed by atoms with Gasteiger partial charge >= 0.3 is 5.97 Å². The highest BCUT2D eigenvalue weighted by Crippen LogP contribution is 2.32. The van der Waals surface area contributed by atoms with E-state index in [0.29, 0.717) is 136 Å². The summed E-state index contributed by atoms with van der Waals surface area (Å²) in [6.45, 7) is 54.3. The van der Waals surface area contributed by atoms with Crippen LogP contribution in [0.25, 0.3) is 0 Å². The van der Waals surface area contributed by atoms with Gasteiger partial charge in [0.15, 0.2) is 0 Å². The number of nitrogens with one attached hydrogen (secondary N) is 4. The molecule has 0 aromatic rings. The molecule has 0 radical (unpaired) electrons. The number of hydrogen-bond donors (Lipinski definition) is 4. The van der Waals surface area contributed by atoms with Crippen molar-refractivity contribution in [2.75, 3.05) is 85.6 Å². The Morgan fingerprint density at radius 2 is 0.630 bits per heavy atom. The van der Waals surface area contributed by atoms with Crippen LogP contribution < -0.4 is 21.3 Å². The van der Waals surface area contributed by atoms with Gasteiger partial charge in [-0.3, -0.25) is 52.7 Å². The molecule has 1 unspecified atom stereocenters. The van der Waals surface area contributed by atoms with Crippen molar-refractivity contribution in [3.63, 3.8) is 0 Å². The summed E-state index contributed by atoms with van der Waals surface area (Å²) in [6, 6.07) is 0. The molecule has 2 fully saturated rings. The van der Waals surface area contributed by atoms with E-state index in [4.69, 9.17) is 23.7 Å². The third-order valence-corrected chi connectivity index (χ3v) is 17.3. The monoisotopic (exact) mass is 1420 g/mol. The van der Waals surface area contributed by atoms with Crippen LogP contribution in [0.4, 0.5) is 0 Å². The first-order chi connectivity index (χ1) is 46.2. The van der Waals surface area contributed by atoms with Crippen molar-refractivity contribution >= 4 is 64.3 Å². The van der Waals surface area contributed by atoms with Gasteiger partial charge in [-0.05, 0) is 69.6 Å². The van der Waals surface area contributed by atoms with Crippen LogP contribution in [0.1, 0.15) is 302 Å². The van der Waals surface area contributed by atoms with E-state index >= 15 is 0 Å². The quantitative estimate of drug-likeness (QED) is 0.0332. The molecule has 586 valence electrons. The first-order valence-corrected chi connectivity index (χ1v) is 38.0. The lowest BCUT2D eigenvalue weighted by Gasteiger charge is -2.27. The second-order valence-electron chi connectivity index (χ2n) is 32.7. The van der Waals surface area contributed by atoms with Crippen molar-refractivity contribution in [1.82, 2.24) is 21.3 Å². The van der Waals surface area contributed by atoms with Gasteiger partial charge < -0.3 is 45.0 Å². The lowest BCUT2D eigenvalue weighted by molar-refractivity contribution is -0.145. The van der Waals surface area contributed by atoms with Gasteiger partial charge in [-0.15, -0.1) is 0 Å². The molecule has 2 aliphatic rings. The molecule has 20 heteroatoms. The van der Waals surface area contributed by atoms with Crippen molar-refractivity contribution in [1.29, 1.82) is 0 Å². The second-order valence-corrected chi connectivity index (χ2v) is 32.7. The summed E-state index contributed by atoms with van der Waals surface area (Å²) in [5.41, 5.74) is -1.65. The molecule has 2 rings (SSSR count). The Morgan fingerprint density at radius 3 is 0.920 bits per heavy atom. The molecule has 0 spiro atoms. The number of carbonyl (C=O) groups excluding carboxylic acids is 11. The molecule has 1 atom stereocenters. The van der Waals surface area contributed by atoms with Crippen LogP contribution in [0.5, 0.6) is 0 Å². The summed E-state index contributed by atoms with van der Waals surface area (Å²) < 4.78 is 25.9. The number of amides is 4. The predicted octanol–water partition coefficient (Wildman–Crippen LogP) is 14.7. The zero-order valence-corrected chi connectivity index (χ0v) is 68.3. The van der Waals surface area contributed by atoms with Gasteiger partial charge in [0.05, 0.1) is 52.9 Å². The minimum atomic E-state index is -0.303. The van der Waals surface area contributed by atoms with E-state index in [1.165, 1.54) is 38.5 Å². The Balaban J connectivity index is -0.000000559. The summed E-state index contributed by atoms with van der Waals surface area (Å²) in [5, 5.41) is 11.2. The summed E-state index contributed by atoms with van der Waals surface area (Å²) in [7, 11) is 0. The van der Waals surface area contributed by atoms with Gasteiger partial charge in [0, 0.05) is 128 Å². The third kappa shape index (κ3) is 56.7. The van der Waals surface area contributed by atoms with Gasteiger partial charge in [-0.25, -0.2) is 0 Å². The van der Waals surface area contributed by atoms with Gasteiger partial charge in [0.25, 0.3) is 0 Å². The number of hydrogen-bond acceptors (Lipinski definition) is 16. The molecule has 2 saturated carbocycles. The van der Waals surface area contributed by atoms with E-state index in [1.54, 1.807) is 13.8 Å². The van der Waals surface area contributed by atoms with Crippen molar-refractivity contribution < 1.29 is 76.4 Å². The van der Waals surface area contributed by atoms with E-state index in [-0.39, 0.29) is 115 Å². The SMILES string of the molecule is CCC(=O)NCCC(=O)C(C)(C)C.CCC(=O)NCCOCCOCCC(=O)C(C)(C)C.CCC(=O)OCCOCCOCCC(=O)C(C)(C)C.CCC1CCC(C(=O)NCCC(=O)C(C)(C)C)CC1.CCC1CCC(C(=O)NCCC(=O)C(C)(C)C)CC1.CCCC(C)C(=O)C(C)(C)C. The van der Waals surface area contributed by atoms with Crippen molar-refractivity contribution in [3.8, 4) is 0 Å². The van der Waals surface area contributed by atoms with Crippen LogP contribution in [0, 0.1) is 62.1 Å². The van der Waals surface area contributed by atoms with Crippen LogP contribution in [0.3, 0.4) is 0 Å². The molecule has 4 amide bonds. The predicted molar refractivity (Wildman–Crippen MR) is 403 cm³/mol. The van der Waals surface area contributed by atoms with E-state index < -0.39 is 0 Å². The lowest BCUT2D eigenvalue weighted by atomic mass is 9.80. The molecule has 0 aliphatic heterocycles. The first kappa shape index (κ1) is 102. The maximum atomic E-state index is 12.0. The molecule has 0 saturated heterocycles. The first-order valence-electron chi connectivity index (χ1n) is 38.0. The number of Topliss-reactive ketones (excluding diaryl/α,β-unsaturated/α-hetero) is 6. The van der Waals surface area contributed by atoms with E-state index in [2.05, 4.69) is 42.0 Å². The molecule has 0 aromatic carbocycles. The molecular formula is C80H150N4O16. The summed E-state index contributed by atoms with van der Waals surface area (Å²) in [6.07, 6.45) is 16.9. The van der Waals surface area contributed by atoms with Crippen molar-refractivity contribution in [3.05, 3.63) is 0 Å². The zero-order chi connectivity index (χ0) is 77.9. The van der Waals surface area contributed by atoms with E-state index in [1.807, 2.05) is 138 Å². The average molecular weight is 1420 g/mol. The Hall–Kier alpha value is -4.79. The Morgan fingerprint density at radius 1 is 0.340 bits per heavy atom.